The molecule has 0 saturated heterocycles. The van der Waals surface area contributed by atoms with Crippen molar-refractivity contribution in [2.45, 2.75) is 156 Å². The molecule has 6 nitrogen and oxygen atoms in total. The fourth-order valence-electron chi connectivity index (χ4n) is 5.56. The number of carbonyl (C=O) groups excluding carboxylic acids is 3. The summed E-state index contributed by atoms with van der Waals surface area (Å²) in [6.07, 6.45) is -4.53. The molecule has 5 atom stereocenters. The van der Waals surface area contributed by atoms with Crippen LogP contribution in [0.2, 0.25) is 36.3 Å². The Morgan fingerprint density at radius 1 is 1.02 bits per heavy atom. The number of alkyl halides is 3. The van der Waals surface area contributed by atoms with E-state index in [2.05, 4.69) is 54.6 Å². The van der Waals surface area contributed by atoms with E-state index in [-0.39, 0.29) is 23.2 Å². The topological polar surface area (TPSA) is 78.9 Å². The van der Waals surface area contributed by atoms with Crippen molar-refractivity contribution in [2.24, 2.45) is 17.3 Å². The Kier molecular flexibility index (Phi) is 14.8. The second kappa shape index (κ2) is 16.0. The van der Waals surface area contributed by atoms with Crippen LogP contribution < -0.4 is 0 Å². The second-order valence-corrected chi connectivity index (χ2v) is 24.3. The van der Waals surface area contributed by atoms with Crippen LogP contribution in [0.3, 0.4) is 0 Å². The van der Waals surface area contributed by atoms with E-state index in [0.29, 0.717) is 0 Å². The van der Waals surface area contributed by atoms with Crippen LogP contribution in [0.1, 0.15) is 95.4 Å². The van der Waals surface area contributed by atoms with E-state index in [4.69, 9.17) is 13.6 Å². The maximum absolute atomic E-state index is 14.6. The van der Waals surface area contributed by atoms with Crippen LogP contribution in [0.25, 0.3) is 0 Å². The van der Waals surface area contributed by atoms with Gasteiger partial charge in [0.15, 0.2) is 28.5 Å². The van der Waals surface area contributed by atoms with Crippen molar-refractivity contribution in [3.63, 3.8) is 0 Å². The number of rotatable bonds is 8. The Morgan fingerprint density at radius 2 is 1.56 bits per heavy atom. The van der Waals surface area contributed by atoms with Gasteiger partial charge in [-0.1, -0.05) is 87.5 Å². The highest BCUT2D eigenvalue weighted by atomic mass is 28.4. The Hall–Kier alpha value is -1.57. The fourth-order valence-corrected chi connectivity index (χ4v) is 10.00. The molecule has 0 aliphatic carbocycles. The summed E-state index contributed by atoms with van der Waals surface area (Å²) in [6.45, 7) is 25.1. The van der Waals surface area contributed by atoms with Gasteiger partial charge in [-0.2, -0.15) is 13.2 Å². The zero-order valence-electron chi connectivity index (χ0n) is 29.9. The molecule has 0 amide bonds. The van der Waals surface area contributed by atoms with Gasteiger partial charge in [-0.3, -0.25) is 14.4 Å². The summed E-state index contributed by atoms with van der Waals surface area (Å²) >= 11 is 0. The van der Waals surface area contributed by atoms with Gasteiger partial charge in [0, 0.05) is 23.3 Å². The third-order valence-electron chi connectivity index (χ3n) is 10.2. The average Bonchev–Trinajstić information content (AvgIpc) is 2.92. The summed E-state index contributed by atoms with van der Waals surface area (Å²) in [4.78, 5) is 40.3. The number of halogens is 3. The predicted molar refractivity (Wildman–Crippen MR) is 179 cm³/mol. The van der Waals surface area contributed by atoms with Gasteiger partial charge >= 0.3 is 12.1 Å². The Labute approximate surface area is 272 Å². The van der Waals surface area contributed by atoms with Crippen LogP contribution >= 0.6 is 0 Å². The Bertz CT molecular complexity index is 1080. The minimum absolute atomic E-state index is 0.151. The molecule has 0 saturated carbocycles. The zero-order chi connectivity index (χ0) is 35.2. The second-order valence-electron chi connectivity index (χ2n) is 14.8. The smallest absolute Gasteiger partial charge is 0.412 e. The number of ether oxygens (including phenoxy) is 1. The molecular weight excluding hydrogens is 618 g/mol. The number of carbonyl (C=O) groups is 3. The van der Waals surface area contributed by atoms with Gasteiger partial charge in [-0.25, -0.2) is 0 Å². The Morgan fingerprint density at radius 3 is 2.00 bits per heavy atom. The van der Waals surface area contributed by atoms with Gasteiger partial charge in [0.05, 0.1) is 18.6 Å². The van der Waals surface area contributed by atoms with Crippen LogP contribution in [-0.2, 0) is 28.0 Å². The van der Waals surface area contributed by atoms with Gasteiger partial charge in [0.25, 0.3) is 0 Å². The van der Waals surface area contributed by atoms with E-state index in [1.807, 2.05) is 13.8 Å². The highest BCUT2D eigenvalue weighted by Gasteiger charge is 2.49. The maximum Gasteiger partial charge on any atom is 0.412 e. The number of allylic oxidation sites excluding steroid dienone is 2. The van der Waals surface area contributed by atoms with Gasteiger partial charge in [0.1, 0.15) is 5.78 Å². The van der Waals surface area contributed by atoms with E-state index >= 15 is 0 Å². The van der Waals surface area contributed by atoms with Crippen LogP contribution in [0, 0.1) is 17.3 Å². The summed E-state index contributed by atoms with van der Waals surface area (Å²) < 4.78 is 61.2. The number of esters is 1. The molecule has 1 unspecified atom stereocenters. The molecule has 1 heterocycles. The average molecular weight is 677 g/mol. The number of cyclic esters (lactones) is 1. The quantitative estimate of drug-likeness (QED) is 0.145. The summed E-state index contributed by atoms with van der Waals surface area (Å²) in [7, 11) is -4.79. The zero-order valence-corrected chi connectivity index (χ0v) is 31.9. The minimum atomic E-state index is -4.64. The number of Topliss-reactive ketones (excluding diaryl/α,β-unsaturated/α-hetero) is 2. The lowest BCUT2D eigenvalue weighted by molar-refractivity contribution is -0.158. The van der Waals surface area contributed by atoms with E-state index < -0.39 is 82.6 Å². The molecule has 0 N–H and O–H groups in total. The van der Waals surface area contributed by atoms with Crippen molar-refractivity contribution < 1.29 is 41.1 Å². The standard InChI is InChI=1S/C34H59F3O6Si2/c1-14-45(15-2,16-3)42-28-22-29(39)41-27(25(6)38)21-20-26(34(35,36)37)19-17-18-23(4)30(24(5)31(40)33(28,10)11)43-44(12,13)32(7,8)9/h17-18,20,23-24,27-28,30H,14-16,19,21-22H2,1-13H3/b18-17+,26-20+/t23-,24+,27?,28-,30-/m0/s1. The third-order valence-corrected chi connectivity index (χ3v) is 19.4. The lowest BCUT2D eigenvalue weighted by Gasteiger charge is -2.45. The Balaban J connectivity index is 3.90. The first-order valence-corrected chi connectivity index (χ1v) is 21.9. The van der Waals surface area contributed by atoms with Crippen molar-refractivity contribution in [1.29, 1.82) is 0 Å². The summed E-state index contributed by atoms with van der Waals surface area (Å²) in [5, 5.41) is -0.173. The highest BCUT2D eigenvalue weighted by molar-refractivity contribution is 6.74. The summed E-state index contributed by atoms with van der Waals surface area (Å²) in [5.74, 6) is -2.54. The largest absolute Gasteiger partial charge is 0.454 e. The normalized spacial score (nSPS) is 28.6. The first kappa shape index (κ1) is 41.5. The van der Waals surface area contributed by atoms with Gasteiger partial charge < -0.3 is 13.6 Å². The lowest BCUT2D eigenvalue weighted by atomic mass is 9.73. The molecule has 1 rings (SSSR count). The van der Waals surface area contributed by atoms with Crippen molar-refractivity contribution in [2.75, 3.05) is 0 Å². The molecule has 45 heavy (non-hydrogen) atoms. The van der Waals surface area contributed by atoms with Crippen molar-refractivity contribution in [3.8, 4) is 0 Å². The van der Waals surface area contributed by atoms with Crippen LogP contribution in [0.5, 0.6) is 0 Å². The maximum atomic E-state index is 14.6. The van der Waals surface area contributed by atoms with Crippen LogP contribution in [-0.4, -0.2) is 58.7 Å². The SMILES string of the molecule is CC[Si](CC)(CC)O[C@H]1CC(=O)OC(C(C)=O)C/C=C(/C(F)(F)F)C/C=C/[C@H](C)[C@H](O[Si](C)(C)C(C)(C)C)[C@@H](C)C(=O)C1(C)C. The van der Waals surface area contributed by atoms with E-state index in [0.717, 1.165) is 24.2 Å². The number of hydrogen-bond donors (Lipinski definition) is 0. The first-order chi connectivity index (χ1) is 20.4. The molecule has 0 radical (unpaired) electrons. The molecule has 260 valence electrons. The van der Waals surface area contributed by atoms with E-state index in [1.165, 1.54) is 13.0 Å². The highest BCUT2D eigenvalue weighted by Crippen LogP contribution is 2.42. The summed E-state index contributed by atoms with van der Waals surface area (Å²) in [5.41, 5.74) is -1.97. The molecule has 0 fully saturated rings. The molecule has 1 aliphatic rings. The molecule has 0 aromatic rings. The molecule has 11 heteroatoms. The molecule has 0 spiro atoms. The minimum Gasteiger partial charge on any atom is -0.454 e. The molecular formula is C34H59F3O6Si2. The molecule has 0 aromatic carbocycles. The molecule has 1 aliphatic heterocycles. The fraction of sp³-hybridized carbons (Fsp3) is 0.794. The first-order valence-electron chi connectivity index (χ1n) is 16.4. The van der Waals surface area contributed by atoms with Crippen molar-refractivity contribution in [1.82, 2.24) is 0 Å². The van der Waals surface area contributed by atoms with E-state index in [1.54, 1.807) is 19.9 Å². The molecule has 0 bridgehead atoms. The third kappa shape index (κ3) is 11.0. The molecule has 0 aromatic heterocycles. The lowest BCUT2D eigenvalue weighted by Crippen LogP contribution is -2.53. The number of hydrogen-bond acceptors (Lipinski definition) is 6. The van der Waals surface area contributed by atoms with Crippen LogP contribution in [0.15, 0.2) is 23.8 Å². The van der Waals surface area contributed by atoms with Gasteiger partial charge in [-0.15, -0.1) is 0 Å². The van der Waals surface area contributed by atoms with Gasteiger partial charge in [-0.05, 0) is 55.5 Å². The predicted octanol–water partition coefficient (Wildman–Crippen LogP) is 9.36. The van der Waals surface area contributed by atoms with E-state index in [9.17, 15) is 27.6 Å². The summed E-state index contributed by atoms with van der Waals surface area (Å²) in [6, 6.07) is 2.35. The van der Waals surface area contributed by atoms with Crippen LogP contribution in [0.4, 0.5) is 13.2 Å². The number of ketones is 2. The van der Waals surface area contributed by atoms with Crippen molar-refractivity contribution in [3.05, 3.63) is 23.8 Å². The van der Waals surface area contributed by atoms with Crippen molar-refractivity contribution >= 4 is 34.2 Å². The monoisotopic (exact) mass is 676 g/mol. The van der Waals surface area contributed by atoms with Gasteiger partial charge in [0.2, 0.25) is 0 Å².